The standard InChI is InChI=1S/C26H22BrFN2O3/c1-3-17-8-10-21(11-9-17)30-26(31)20(15-29)12-19-13-24(32-2)25(14-22(19)27)33-16-18-6-4-5-7-23(18)28/h4-14H,3,16H2,1-2H3,(H,30,31)/b20-12+. The van der Waals surface area contributed by atoms with Crippen LogP contribution in [0.15, 0.2) is 70.7 Å². The number of nitrogens with zero attached hydrogens (tertiary/aromatic N) is 1. The lowest BCUT2D eigenvalue weighted by atomic mass is 10.1. The predicted molar refractivity (Wildman–Crippen MR) is 129 cm³/mol. The summed E-state index contributed by atoms with van der Waals surface area (Å²) < 4.78 is 25.6. The fraction of sp³-hybridized carbons (Fsp3) is 0.154. The minimum atomic E-state index is -0.521. The summed E-state index contributed by atoms with van der Waals surface area (Å²) in [7, 11) is 1.48. The molecule has 0 saturated heterocycles. The van der Waals surface area contributed by atoms with Gasteiger partial charge in [0.2, 0.25) is 0 Å². The topological polar surface area (TPSA) is 71.4 Å². The van der Waals surface area contributed by atoms with Crippen LogP contribution in [0.4, 0.5) is 10.1 Å². The molecule has 0 aliphatic heterocycles. The number of nitrogens with one attached hydrogen (secondary N) is 1. The van der Waals surface area contributed by atoms with E-state index >= 15 is 0 Å². The number of ether oxygens (including phenoxy) is 2. The van der Waals surface area contributed by atoms with Crippen LogP contribution < -0.4 is 14.8 Å². The Balaban J connectivity index is 1.81. The highest BCUT2D eigenvalue weighted by Gasteiger charge is 2.14. The van der Waals surface area contributed by atoms with Crippen molar-refractivity contribution in [3.8, 4) is 17.6 Å². The van der Waals surface area contributed by atoms with E-state index in [0.29, 0.717) is 32.8 Å². The minimum absolute atomic E-state index is 0.0212. The van der Waals surface area contributed by atoms with E-state index in [1.165, 1.54) is 19.3 Å². The molecular formula is C26H22BrFN2O3. The Kier molecular flexibility index (Phi) is 8.22. The van der Waals surface area contributed by atoms with E-state index in [1.54, 1.807) is 42.5 Å². The van der Waals surface area contributed by atoms with Gasteiger partial charge >= 0.3 is 0 Å². The van der Waals surface area contributed by atoms with Gasteiger partial charge in [-0.3, -0.25) is 4.79 Å². The molecule has 0 aromatic heterocycles. The highest BCUT2D eigenvalue weighted by atomic mass is 79.9. The molecule has 0 aliphatic carbocycles. The van der Waals surface area contributed by atoms with Crippen molar-refractivity contribution in [3.05, 3.63) is 93.2 Å². The lowest BCUT2D eigenvalue weighted by Crippen LogP contribution is -2.13. The van der Waals surface area contributed by atoms with Crippen molar-refractivity contribution in [1.82, 2.24) is 0 Å². The van der Waals surface area contributed by atoms with Crippen molar-refractivity contribution in [2.45, 2.75) is 20.0 Å². The molecule has 7 heteroatoms. The Bertz CT molecular complexity index is 1220. The molecule has 1 amide bonds. The molecule has 0 atom stereocenters. The number of carbonyl (C=O) groups excluding carboxylic acids is 1. The molecule has 0 spiro atoms. The number of methoxy groups -OCH3 is 1. The summed E-state index contributed by atoms with van der Waals surface area (Å²) in [6.07, 6.45) is 2.36. The van der Waals surface area contributed by atoms with Gasteiger partial charge in [-0.25, -0.2) is 4.39 Å². The SMILES string of the molecule is CCc1ccc(NC(=O)/C(C#N)=C/c2cc(OC)c(OCc3ccccc3F)cc2Br)cc1. The summed E-state index contributed by atoms with van der Waals surface area (Å²) >= 11 is 3.45. The first-order chi connectivity index (χ1) is 15.9. The zero-order chi connectivity index (χ0) is 23.8. The maximum Gasteiger partial charge on any atom is 0.266 e. The van der Waals surface area contributed by atoms with Crippen LogP contribution in [0.1, 0.15) is 23.6 Å². The number of benzene rings is 3. The van der Waals surface area contributed by atoms with E-state index in [9.17, 15) is 14.4 Å². The van der Waals surface area contributed by atoms with Crippen molar-refractivity contribution < 1.29 is 18.7 Å². The van der Waals surface area contributed by atoms with E-state index in [2.05, 4.69) is 21.2 Å². The van der Waals surface area contributed by atoms with Crippen LogP contribution in [-0.2, 0) is 17.8 Å². The normalized spacial score (nSPS) is 10.9. The number of hydrogen-bond acceptors (Lipinski definition) is 4. The average Bonchev–Trinajstić information content (AvgIpc) is 2.83. The van der Waals surface area contributed by atoms with Gasteiger partial charge in [-0.1, -0.05) is 53.2 Å². The molecule has 3 aromatic rings. The zero-order valence-corrected chi connectivity index (χ0v) is 19.8. The third-order valence-corrected chi connectivity index (χ3v) is 5.60. The van der Waals surface area contributed by atoms with Crippen LogP contribution in [0.3, 0.4) is 0 Å². The van der Waals surface area contributed by atoms with Gasteiger partial charge in [-0.15, -0.1) is 0 Å². The Morgan fingerprint density at radius 1 is 1.15 bits per heavy atom. The summed E-state index contributed by atoms with van der Waals surface area (Å²) in [5.41, 5.74) is 2.65. The second-order valence-corrected chi connectivity index (χ2v) is 7.93. The monoisotopic (exact) mass is 508 g/mol. The molecule has 3 rings (SSSR count). The molecule has 0 aliphatic rings. The molecule has 1 N–H and O–H groups in total. The van der Waals surface area contributed by atoms with Crippen molar-refractivity contribution in [1.29, 1.82) is 5.26 Å². The summed E-state index contributed by atoms with van der Waals surface area (Å²) in [4.78, 5) is 12.6. The number of rotatable bonds is 8. The summed E-state index contributed by atoms with van der Waals surface area (Å²) in [6.45, 7) is 2.07. The molecule has 168 valence electrons. The Hall–Kier alpha value is -3.63. The number of halogens is 2. The summed E-state index contributed by atoms with van der Waals surface area (Å²) in [6, 6.07) is 19.0. The second kappa shape index (κ2) is 11.3. The van der Waals surface area contributed by atoms with E-state index in [-0.39, 0.29) is 18.0 Å². The maximum absolute atomic E-state index is 13.9. The number of aryl methyl sites for hydroxylation is 1. The first kappa shape index (κ1) is 24.0. The number of amides is 1. The lowest BCUT2D eigenvalue weighted by molar-refractivity contribution is -0.112. The third-order valence-electron chi connectivity index (χ3n) is 4.91. The Morgan fingerprint density at radius 2 is 1.88 bits per heavy atom. The fourth-order valence-electron chi connectivity index (χ4n) is 3.03. The van der Waals surface area contributed by atoms with Gasteiger partial charge in [0.25, 0.3) is 5.91 Å². The molecule has 0 radical (unpaired) electrons. The van der Waals surface area contributed by atoms with Gasteiger partial charge < -0.3 is 14.8 Å². The largest absolute Gasteiger partial charge is 0.493 e. The quantitative estimate of drug-likeness (QED) is 0.287. The van der Waals surface area contributed by atoms with Crippen molar-refractivity contribution in [3.63, 3.8) is 0 Å². The van der Waals surface area contributed by atoms with Crippen LogP contribution in [0.25, 0.3) is 6.08 Å². The molecule has 0 bridgehead atoms. The van der Waals surface area contributed by atoms with Crippen LogP contribution in [0.5, 0.6) is 11.5 Å². The van der Waals surface area contributed by atoms with Crippen LogP contribution in [0.2, 0.25) is 0 Å². The van der Waals surface area contributed by atoms with Gasteiger partial charge in [0.05, 0.1) is 7.11 Å². The van der Waals surface area contributed by atoms with E-state index in [0.717, 1.165) is 12.0 Å². The fourth-order valence-corrected chi connectivity index (χ4v) is 3.47. The van der Waals surface area contributed by atoms with E-state index < -0.39 is 5.91 Å². The zero-order valence-electron chi connectivity index (χ0n) is 18.2. The molecule has 3 aromatic carbocycles. The minimum Gasteiger partial charge on any atom is -0.493 e. The van der Waals surface area contributed by atoms with Crippen LogP contribution in [0, 0.1) is 17.1 Å². The van der Waals surface area contributed by atoms with E-state index in [4.69, 9.17) is 9.47 Å². The highest BCUT2D eigenvalue weighted by Crippen LogP contribution is 2.35. The Morgan fingerprint density at radius 3 is 2.52 bits per heavy atom. The first-order valence-electron chi connectivity index (χ1n) is 10.2. The molecular weight excluding hydrogens is 487 g/mol. The summed E-state index contributed by atoms with van der Waals surface area (Å²) in [5, 5.41) is 12.3. The van der Waals surface area contributed by atoms with Gasteiger partial charge in [-0.05, 0) is 54.0 Å². The first-order valence-corrected chi connectivity index (χ1v) is 11.0. The second-order valence-electron chi connectivity index (χ2n) is 7.08. The predicted octanol–water partition coefficient (Wildman–Crippen LogP) is 6.28. The van der Waals surface area contributed by atoms with Crippen molar-refractivity contribution in [2.75, 3.05) is 12.4 Å². The van der Waals surface area contributed by atoms with Gasteiger partial charge in [0, 0.05) is 15.7 Å². The number of hydrogen-bond donors (Lipinski definition) is 1. The number of nitriles is 1. The molecule has 0 unspecified atom stereocenters. The van der Waals surface area contributed by atoms with Gasteiger partial charge in [-0.2, -0.15) is 5.26 Å². The Labute approximate surface area is 200 Å². The van der Waals surface area contributed by atoms with Crippen LogP contribution >= 0.6 is 15.9 Å². The number of carbonyl (C=O) groups is 1. The molecule has 5 nitrogen and oxygen atoms in total. The maximum atomic E-state index is 13.9. The smallest absolute Gasteiger partial charge is 0.266 e. The van der Waals surface area contributed by atoms with E-state index in [1.807, 2.05) is 25.1 Å². The van der Waals surface area contributed by atoms with Crippen LogP contribution in [-0.4, -0.2) is 13.0 Å². The molecule has 0 saturated carbocycles. The molecule has 0 fully saturated rings. The highest BCUT2D eigenvalue weighted by molar-refractivity contribution is 9.10. The van der Waals surface area contributed by atoms with Crippen molar-refractivity contribution in [2.24, 2.45) is 0 Å². The van der Waals surface area contributed by atoms with Gasteiger partial charge in [0.15, 0.2) is 11.5 Å². The molecule has 0 heterocycles. The molecule has 33 heavy (non-hydrogen) atoms. The lowest BCUT2D eigenvalue weighted by Gasteiger charge is -2.13. The van der Waals surface area contributed by atoms with Gasteiger partial charge in [0.1, 0.15) is 24.1 Å². The average molecular weight is 509 g/mol. The van der Waals surface area contributed by atoms with Crippen molar-refractivity contribution >= 4 is 33.6 Å². The third kappa shape index (κ3) is 6.21. The number of anilines is 1. The summed E-state index contributed by atoms with van der Waals surface area (Å²) in [5.74, 6) is -0.103.